The van der Waals surface area contributed by atoms with Gasteiger partial charge in [-0.25, -0.2) is 5.43 Å². The largest absolute Gasteiger partial charge is 0.508 e. The van der Waals surface area contributed by atoms with Gasteiger partial charge in [0.25, 0.3) is 5.91 Å². The summed E-state index contributed by atoms with van der Waals surface area (Å²) in [6.07, 6.45) is 1.53. The van der Waals surface area contributed by atoms with Gasteiger partial charge in [0.2, 0.25) is 0 Å². The molecule has 132 valence electrons. The predicted octanol–water partition coefficient (Wildman–Crippen LogP) is 2.78. The van der Waals surface area contributed by atoms with Crippen molar-refractivity contribution in [1.29, 1.82) is 0 Å². The summed E-state index contributed by atoms with van der Waals surface area (Å²) >= 11 is 3.28. The average molecular weight is 415 g/mol. The summed E-state index contributed by atoms with van der Waals surface area (Å²) in [6, 6.07) is 12.9. The van der Waals surface area contributed by atoms with Crippen LogP contribution in [0.2, 0.25) is 0 Å². The molecule has 0 unspecified atom stereocenters. The lowest BCUT2D eigenvalue weighted by Gasteiger charge is -2.09. The number of carbonyl (C=O) groups is 1. The number of phenolic OH excluding ortho intramolecular Hbond substituents is 2. The predicted molar refractivity (Wildman–Crippen MR) is 100 cm³/mol. The van der Waals surface area contributed by atoms with Gasteiger partial charge < -0.3 is 10.2 Å². The lowest BCUT2D eigenvalue weighted by atomic mass is 10.0. The SMILES string of the molecule is Cn1ncc(Br)c1C(=O)NN=C(c1ccc(O)cc1)c1ccc(O)cc1. The number of hydrogen-bond donors (Lipinski definition) is 3. The van der Waals surface area contributed by atoms with Crippen LogP contribution in [0.5, 0.6) is 11.5 Å². The third kappa shape index (κ3) is 3.75. The van der Waals surface area contributed by atoms with Gasteiger partial charge in [0, 0.05) is 18.2 Å². The van der Waals surface area contributed by atoms with Crippen LogP contribution in [0.4, 0.5) is 0 Å². The van der Waals surface area contributed by atoms with E-state index in [4.69, 9.17) is 0 Å². The molecule has 7 nitrogen and oxygen atoms in total. The van der Waals surface area contributed by atoms with Gasteiger partial charge in [0.05, 0.1) is 16.4 Å². The Kier molecular flexibility index (Phi) is 5.04. The normalized spacial score (nSPS) is 10.4. The Morgan fingerprint density at radius 3 is 1.96 bits per heavy atom. The number of aromatic nitrogens is 2. The second-order valence-electron chi connectivity index (χ2n) is 5.46. The number of aryl methyl sites for hydroxylation is 1. The number of hydrazone groups is 1. The van der Waals surface area contributed by atoms with Gasteiger partial charge >= 0.3 is 0 Å². The van der Waals surface area contributed by atoms with Crippen molar-refractivity contribution in [2.75, 3.05) is 0 Å². The minimum absolute atomic E-state index is 0.127. The first-order chi connectivity index (χ1) is 12.5. The highest BCUT2D eigenvalue weighted by Gasteiger charge is 2.16. The molecule has 0 saturated carbocycles. The second-order valence-corrected chi connectivity index (χ2v) is 6.31. The fourth-order valence-corrected chi connectivity index (χ4v) is 2.89. The number of phenols is 2. The van der Waals surface area contributed by atoms with Crippen LogP contribution in [-0.2, 0) is 7.05 Å². The van der Waals surface area contributed by atoms with E-state index in [9.17, 15) is 15.0 Å². The first-order valence-electron chi connectivity index (χ1n) is 7.60. The number of halogens is 1. The van der Waals surface area contributed by atoms with Gasteiger partial charge in [-0.3, -0.25) is 9.48 Å². The zero-order valence-corrected chi connectivity index (χ0v) is 15.3. The molecule has 2 aromatic carbocycles. The summed E-state index contributed by atoms with van der Waals surface area (Å²) in [4.78, 5) is 12.4. The van der Waals surface area contributed by atoms with Crippen molar-refractivity contribution in [3.63, 3.8) is 0 Å². The summed E-state index contributed by atoms with van der Waals surface area (Å²) in [6.45, 7) is 0. The first-order valence-corrected chi connectivity index (χ1v) is 8.39. The molecule has 0 aliphatic carbocycles. The van der Waals surface area contributed by atoms with Crippen LogP contribution in [0, 0.1) is 0 Å². The molecule has 1 aromatic heterocycles. The van der Waals surface area contributed by atoms with Crippen LogP contribution in [0.3, 0.4) is 0 Å². The third-order valence-electron chi connectivity index (χ3n) is 3.66. The maximum atomic E-state index is 12.4. The van der Waals surface area contributed by atoms with Gasteiger partial charge in [0.15, 0.2) is 0 Å². The summed E-state index contributed by atoms with van der Waals surface area (Å²) < 4.78 is 2.00. The van der Waals surface area contributed by atoms with Crippen LogP contribution in [0.1, 0.15) is 21.6 Å². The number of benzene rings is 2. The Morgan fingerprint density at radius 2 is 1.54 bits per heavy atom. The number of nitrogens with one attached hydrogen (secondary N) is 1. The fourth-order valence-electron chi connectivity index (χ4n) is 2.36. The highest BCUT2D eigenvalue weighted by atomic mass is 79.9. The Hall–Kier alpha value is -3.13. The summed E-state index contributed by atoms with van der Waals surface area (Å²) in [5, 5.41) is 27.2. The third-order valence-corrected chi connectivity index (χ3v) is 4.24. The molecule has 8 heteroatoms. The van der Waals surface area contributed by atoms with Gasteiger partial charge in [0.1, 0.15) is 17.2 Å². The monoisotopic (exact) mass is 414 g/mol. The van der Waals surface area contributed by atoms with Crippen LogP contribution < -0.4 is 5.43 Å². The smallest absolute Gasteiger partial charge is 0.290 e. The topological polar surface area (TPSA) is 99.7 Å². The van der Waals surface area contributed by atoms with E-state index >= 15 is 0 Å². The molecule has 26 heavy (non-hydrogen) atoms. The van der Waals surface area contributed by atoms with E-state index in [-0.39, 0.29) is 11.5 Å². The van der Waals surface area contributed by atoms with E-state index in [1.165, 1.54) is 35.1 Å². The number of hydrogen-bond acceptors (Lipinski definition) is 5. The Labute approximate surface area is 157 Å². The summed E-state index contributed by atoms with van der Waals surface area (Å²) in [5.41, 5.74) is 4.73. The molecule has 0 spiro atoms. The quantitative estimate of drug-likeness (QED) is 0.451. The minimum Gasteiger partial charge on any atom is -0.508 e. The zero-order valence-electron chi connectivity index (χ0n) is 13.7. The highest BCUT2D eigenvalue weighted by Crippen LogP contribution is 2.18. The summed E-state index contributed by atoms with van der Waals surface area (Å²) in [5.74, 6) is -0.171. The van der Waals surface area contributed by atoms with Crippen molar-refractivity contribution in [2.24, 2.45) is 12.1 Å². The van der Waals surface area contributed by atoms with Crippen LogP contribution in [-0.4, -0.2) is 31.6 Å². The molecule has 0 bridgehead atoms. The van der Waals surface area contributed by atoms with E-state index in [1.54, 1.807) is 31.3 Å². The first kappa shape index (κ1) is 17.7. The average Bonchev–Trinajstić information content (AvgIpc) is 2.96. The minimum atomic E-state index is -0.424. The lowest BCUT2D eigenvalue weighted by Crippen LogP contribution is -2.23. The molecule has 0 fully saturated rings. The molecule has 3 aromatic rings. The molecule has 3 N–H and O–H groups in total. The van der Waals surface area contributed by atoms with Gasteiger partial charge in [-0.1, -0.05) is 0 Å². The van der Waals surface area contributed by atoms with Crippen LogP contribution >= 0.6 is 15.9 Å². The van der Waals surface area contributed by atoms with Crippen molar-refractivity contribution in [3.8, 4) is 11.5 Å². The maximum Gasteiger partial charge on any atom is 0.290 e. The van der Waals surface area contributed by atoms with E-state index < -0.39 is 5.91 Å². The molecule has 0 aliphatic rings. The Balaban J connectivity index is 1.97. The molecule has 0 radical (unpaired) electrons. The van der Waals surface area contributed by atoms with Crippen molar-refractivity contribution >= 4 is 27.5 Å². The zero-order chi connectivity index (χ0) is 18.7. The lowest BCUT2D eigenvalue weighted by molar-refractivity contribution is 0.0944. The van der Waals surface area contributed by atoms with Crippen LogP contribution in [0.15, 0.2) is 64.3 Å². The number of aromatic hydroxyl groups is 2. The van der Waals surface area contributed by atoms with Crippen molar-refractivity contribution < 1.29 is 15.0 Å². The Morgan fingerprint density at radius 1 is 1.04 bits per heavy atom. The molecular formula is C18H15BrN4O3. The number of nitrogens with zero attached hydrogens (tertiary/aromatic N) is 3. The van der Waals surface area contributed by atoms with Gasteiger partial charge in [-0.05, 0) is 64.5 Å². The molecule has 1 heterocycles. The number of carbonyl (C=O) groups excluding carboxylic acids is 1. The molecule has 0 aliphatic heterocycles. The van der Waals surface area contributed by atoms with E-state index in [2.05, 4.69) is 31.6 Å². The molecular weight excluding hydrogens is 400 g/mol. The molecule has 1 amide bonds. The van der Waals surface area contributed by atoms with E-state index in [1.807, 2.05) is 0 Å². The highest BCUT2D eigenvalue weighted by molar-refractivity contribution is 9.10. The van der Waals surface area contributed by atoms with Gasteiger partial charge in [-0.15, -0.1) is 0 Å². The van der Waals surface area contributed by atoms with Crippen molar-refractivity contribution in [2.45, 2.75) is 0 Å². The van der Waals surface area contributed by atoms with Crippen molar-refractivity contribution in [1.82, 2.24) is 15.2 Å². The second kappa shape index (κ2) is 7.40. The molecule has 0 atom stereocenters. The van der Waals surface area contributed by atoms with E-state index in [0.29, 0.717) is 27.0 Å². The molecule has 3 rings (SSSR count). The number of rotatable bonds is 4. The maximum absolute atomic E-state index is 12.4. The standard InChI is InChI=1S/C18H15BrN4O3/c1-23-17(15(19)10-20-23)18(26)22-21-16(11-2-6-13(24)7-3-11)12-4-8-14(25)9-5-12/h2-10,24-25H,1H3,(H,22,26). The molecule has 0 saturated heterocycles. The number of amides is 1. The Bertz CT molecular complexity index is 896. The fraction of sp³-hybridized carbons (Fsp3) is 0.0556. The van der Waals surface area contributed by atoms with Crippen molar-refractivity contribution in [3.05, 3.63) is 76.0 Å². The van der Waals surface area contributed by atoms with E-state index in [0.717, 1.165) is 0 Å². The van der Waals surface area contributed by atoms with Gasteiger partial charge in [-0.2, -0.15) is 10.2 Å². The summed E-state index contributed by atoms with van der Waals surface area (Å²) in [7, 11) is 1.66. The van der Waals surface area contributed by atoms with Crippen LogP contribution in [0.25, 0.3) is 0 Å².